The molecule has 96 valence electrons. The highest BCUT2D eigenvalue weighted by Gasteiger charge is 1.99. The molecule has 0 aliphatic heterocycles. The van der Waals surface area contributed by atoms with E-state index < -0.39 is 0 Å². The monoisotopic (exact) mass is 298 g/mol. The molecule has 0 saturated carbocycles. The lowest BCUT2D eigenvalue weighted by atomic mass is 10.1. The Morgan fingerprint density at radius 3 is 2.53 bits per heavy atom. The second-order valence-electron chi connectivity index (χ2n) is 4.29. The summed E-state index contributed by atoms with van der Waals surface area (Å²) in [6.07, 6.45) is 0. The molecule has 17 heavy (non-hydrogen) atoms. The first-order valence-corrected chi connectivity index (χ1v) is 7.14. The second kappa shape index (κ2) is 7.85. The minimum Gasteiger partial charge on any atom is -0.311 e. The SMILES string of the molecule is CCN(CC)CCNCc1ccc(C)c(Br)c1. The molecule has 0 saturated heterocycles. The molecule has 0 aromatic heterocycles. The largest absolute Gasteiger partial charge is 0.311 e. The summed E-state index contributed by atoms with van der Waals surface area (Å²) in [5.41, 5.74) is 2.62. The topological polar surface area (TPSA) is 15.3 Å². The Hall–Kier alpha value is -0.380. The third kappa shape index (κ3) is 5.19. The first-order chi connectivity index (χ1) is 8.17. The van der Waals surface area contributed by atoms with Gasteiger partial charge in [-0.05, 0) is 37.2 Å². The zero-order chi connectivity index (χ0) is 12.7. The van der Waals surface area contributed by atoms with Crippen LogP contribution in [0.3, 0.4) is 0 Å². The van der Waals surface area contributed by atoms with Gasteiger partial charge >= 0.3 is 0 Å². The van der Waals surface area contributed by atoms with Gasteiger partial charge in [-0.3, -0.25) is 0 Å². The zero-order valence-corrected chi connectivity index (χ0v) is 12.7. The fourth-order valence-corrected chi connectivity index (χ4v) is 2.18. The minimum atomic E-state index is 0.945. The number of likely N-dealkylation sites (N-methyl/N-ethyl adjacent to an activating group) is 1. The summed E-state index contributed by atoms with van der Waals surface area (Å²) in [7, 11) is 0. The van der Waals surface area contributed by atoms with Crippen LogP contribution in [0.4, 0.5) is 0 Å². The fraction of sp³-hybridized carbons (Fsp3) is 0.571. The highest BCUT2D eigenvalue weighted by Crippen LogP contribution is 2.17. The summed E-state index contributed by atoms with van der Waals surface area (Å²) in [6, 6.07) is 6.54. The molecule has 3 heteroatoms. The van der Waals surface area contributed by atoms with Gasteiger partial charge in [-0.1, -0.05) is 41.9 Å². The first kappa shape index (κ1) is 14.7. The van der Waals surface area contributed by atoms with Crippen molar-refractivity contribution in [1.82, 2.24) is 10.2 Å². The van der Waals surface area contributed by atoms with Crippen LogP contribution in [0.25, 0.3) is 0 Å². The van der Waals surface area contributed by atoms with Gasteiger partial charge in [0.1, 0.15) is 0 Å². The second-order valence-corrected chi connectivity index (χ2v) is 5.14. The summed E-state index contributed by atoms with van der Waals surface area (Å²) >= 11 is 3.56. The number of rotatable bonds is 7. The van der Waals surface area contributed by atoms with Crippen LogP contribution in [0.1, 0.15) is 25.0 Å². The van der Waals surface area contributed by atoms with Crippen LogP contribution in [0.2, 0.25) is 0 Å². The van der Waals surface area contributed by atoms with Crippen LogP contribution in [0.5, 0.6) is 0 Å². The first-order valence-electron chi connectivity index (χ1n) is 6.35. The number of nitrogens with one attached hydrogen (secondary N) is 1. The van der Waals surface area contributed by atoms with Gasteiger partial charge in [0.2, 0.25) is 0 Å². The van der Waals surface area contributed by atoms with Gasteiger partial charge in [0, 0.05) is 24.1 Å². The van der Waals surface area contributed by atoms with Crippen molar-refractivity contribution >= 4 is 15.9 Å². The Balaban J connectivity index is 2.28. The van der Waals surface area contributed by atoms with Gasteiger partial charge in [0.15, 0.2) is 0 Å². The molecule has 1 rings (SSSR count). The van der Waals surface area contributed by atoms with E-state index >= 15 is 0 Å². The van der Waals surface area contributed by atoms with Crippen molar-refractivity contribution in [3.05, 3.63) is 33.8 Å². The standard InChI is InChI=1S/C14H23BrN2/c1-4-17(5-2)9-8-16-11-13-7-6-12(3)14(15)10-13/h6-7,10,16H,4-5,8-9,11H2,1-3H3. The lowest BCUT2D eigenvalue weighted by Crippen LogP contribution is -2.31. The third-order valence-electron chi connectivity index (χ3n) is 3.06. The molecular formula is C14H23BrN2. The minimum absolute atomic E-state index is 0.945. The molecule has 0 radical (unpaired) electrons. The summed E-state index contributed by atoms with van der Waals surface area (Å²) < 4.78 is 1.19. The Morgan fingerprint density at radius 2 is 1.94 bits per heavy atom. The van der Waals surface area contributed by atoms with Crippen LogP contribution in [-0.2, 0) is 6.54 Å². The lowest BCUT2D eigenvalue weighted by Gasteiger charge is -2.18. The number of hydrogen-bond donors (Lipinski definition) is 1. The maximum atomic E-state index is 3.56. The van der Waals surface area contributed by atoms with Gasteiger partial charge in [-0.25, -0.2) is 0 Å². The predicted octanol–water partition coefficient (Wildman–Crippen LogP) is 3.19. The molecule has 1 N–H and O–H groups in total. The molecule has 0 fully saturated rings. The molecule has 0 amide bonds. The van der Waals surface area contributed by atoms with E-state index in [2.05, 4.69) is 65.1 Å². The maximum Gasteiger partial charge on any atom is 0.0207 e. The van der Waals surface area contributed by atoms with E-state index in [1.807, 2.05) is 0 Å². The van der Waals surface area contributed by atoms with E-state index in [0.29, 0.717) is 0 Å². The molecule has 0 spiro atoms. The van der Waals surface area contributed by atoms with Crippen LogP contribution in [0.15, 0.2) is 22.7 Å². The zero-order valence-electron chi connectivity index (χ0n) is 11.1. The molecular weight excluding hydrogens is 276 g/mol. The lowest BCUT2D eigenvalue weighted by molar-refractivity contribution is 0.302. The van der Waals surface area contributed by atoms with Crippen LogP contribution < -0.4 is 5.32 Å². The van der Waals surface area contributed by atoms with Crippen LogP contribution >= 0.6 is 15.9 Å². The normalized spacial score (nSPS) is 11.1. The van der Waals surface area contributed by atoms with Crippen molar-refractivity contribution in [2.75, 3.05) is 26.2 Å². The van der Waals surface area contributed by atoms with Crippen molar-refractivity contribution < 1.29 is 0 Å². The van der Waals surface area contributed by atoms with Crippen LogP contribution in [-0.4, -0.2) is 31.1 Å². The van der Waals surface area contributed by atoms with Crippen molar-refractivity contribution in [2.45, 2.75) is 27.3 Å². The average molecular weight is 299 g/mol. The van der Waals surface area contributed by atoms with E-state index in [0.717, 1.165) is 32.7 Å². The van der Waals surface area contributed by atoms with Gasteiger partial charge < -0.3 is 10.2 Å². The number of aryl methyl sites for hydroxylation is 1. The maximum absolute atomic E-state index is 3.56. The van der Waals surface area contributed by atoms with E-state index in [1.165, 1.54) is 15.6 Å². The Bertz CT molecular complexity index is 335. The van der Waals surface area contributed by atoms with Crippen molar-refractivity contribution in [2.24, 2.45) is 0 Å². The predicted molar refractivity (Wildman–Crippen MR) is 78.4 cm³/mol. The number of nitrogens with zero attached hydrogens (tertiary/aromatic N) is 1. The van der Waals surface area contributed by atoms with Crippen LogP contribution in [0, 0.1) is 6.92 Å². The van der Waals surface area contributed by atoms with Gasteiger partial charge in [0.25, 0.3) is 0 Å². The molecule has 1 aromatic rings. The molecule has 2 nitrogen and oxygen atoms in total. The number of hydrogen-bond acceptors (Lipinski definition) is 2. The van der Waals surface area contributed by atoms with E-state index in [1.54, 1.807) is 0 Å². The highest BCUT2D eigenvalue weighted by molar-refractivity contribution is 9.10. The molecule has 0 bridgehead atoms. The van der Waals surface area contributed by atoms with Gasteiger partial charge in [-0.2, -0.15) is 0 Å². The van der Waals surface area contributed by atoms with E-state index in [4.69, 9.17) is 0 Å². The van der Waals surface area contributed by atoms with Crippen molar-refractivity contribution in [3.8, 4) is 0 Å². The quantitative estimate of drug-likeness (QED) is 0.778. The molecule has 0 heterocycles. The van der Waals surface area contributed by atoms with E-state index in [-0.39, 0.29) is 0 Å². The van der Waals surface area contributed by atoms with Gasteiger partial charge in [0.05, 0.1) is 0 Å². The van der Waals surface area contributed by atoms with Gasteiger partial charge in [-0.15, -0.1) is 0 Å². The molecule has 0 unspecified atom stereocenters. The van der Waals surface area contributed by atoms with Crippen molar-refractivity contribution in [3.63, 3.8) is 0 Å². The molecule has 0 atom stereocenters. The van der Waals surface area contributed by atoms with Crippen molar-refractivity contribution in [1.29, 1.82) is 0 Å². The molecule has 1 aromatic carbocycles. The molecule has 0 aliphatic rings. The summed E-state index contributed by atoms with van der Waals surface area (Å²) in [5.74, 6) is 0. The highest BCUT2D eigenvalue weighted by atomic mass is 79.9. The Labute approximate surface area is 114 Å². The average Bonchev–Trinajstić information content (AvgIpc) is 2.34. The summed E-state index contributed by atoms with van der Waals surface area (Å²) in [4.78, 5) is 2.43. The smallest absolute Gasteiger partial charge is 0.0207 e. The number of halogens is 1. The summed E-state index contributed by atoms with van der Waals surface area (Å²) in [6.45, 7) is 11.9. The molecule has 0 aliphatic carbocycles. The fourth-order valence-electron chi connectivity index (χ4n) is 1.76. The third-order valence-corrected chi connectivity index (χ3v) is 3.92. The Kier molecular flexibility index (Phi) is 6.78. The number of benzene rings is 1. The van der Waals surface area contributed by atoms with E-state index in [9.17, 15) is 0 Å². The Morgan fingerprint density at radius 1 is 1.24 bits per heavy atom. The summed E-state index contributed by atoms with van der Waals surface area (Å²) in [5, 5.41) is 3.48.